The van der Waals surface area contributed by atoms with E-state index in [-0.39, 0.29) is 0 Å². The van der Waals surface area contributed by atoms with Crippen molar-refractivity contribution in [3.8, 4) is 0 Å². The third-order valence-corrected chi connectivity index (χ3v) is 1.37. The Morgan fingerprint density at radius 2 is 1.91 bits per heavy atom. The number of rotatable bonds is 2. The molecule has 0 unspecified atom stereocenters. The Hall–Kier alpha value is -1.50. The highest BCUT2D eigenvalue weighted by molar-refractivity contribution is 5.54. The van der Waals surface area contributed by atoms with Crippen LogP contribution in [0.25, 0.3) is 6.08 Å². The second-order valence-corrected chi connectivity index (χ2v) is 2.26. The second-order valence-electron chi connectivity index (χ2n) is 2.26. The number of nitrogens with two attached hydrogens (primary N) is 1. The number of benzene rings is 1. The highest BCUT2D eigenvalue weighted by Crippen LogP contribution is 2.02. The van der Waals surface area contributed by atoms with E-state index >= 15 is 0 Å². The Balaban J connectivity index is 2.87. The van der Waals surface area contributed by atoms with Crippen LogP contribution in [0.3, 0.4) is 0 Å². The summed E-state index contributed by atoms with van der Waals surface area (Å²) in [5.74, 6) is 0. The number of allylic oxidation sites excluding steroid dienone is 1. The average Bonchev–Trinajstić information content (AvgIpc) is 2.06. The molecule has 0 bridgehead atoms. The summed E-state index contributed by atoms with van der Waals surface area (Å²) < 4.78 is 0. The van der Waals surface area contributed by atoms with Crippen molar-refractivity contribution < 1.29 is 0 Å². The fourth-order valence-corrected chi connectivity index (χ4v) is 0.801. The van der Waals surface area contributed by atoms with E-state index in [1.807, 2.05) is 36.4 Å². The van der Waals surface area contributed by atoms with Crippen LogP contribution in [-0.2, 0) is 0 Å². The molecule has 1 aromatic carbocycles. The van der Waals surface area contributed by atoms with Gasteiger partial charge in [0.25, 0.3) is 0 Å². The van der Waals surface area contributed by atoms with Gasteiger partial charge in [-0.15, -0.1) is 0 Å². The monoisotopic (exact) mass is 145 g/mol. The highest BCUT2D eigenvalue weighted by Gasteiger charge is 1.84. The molecular weight excluding hydrogens is 134 g/mol. The van der Waals surface area contributed by atoms with Gasteiger partial charge in [0.2, 0.25) is 0 Å². The van der Waals surface area contributed by atoms with Crippen LogP contribution in [0.4, 0.5) is 0 Å². The van der Waals surface area contributed by atoms with Crippen molar-refractivity contribution in [2.75, 3.05) is 0 Å². The number of hydrogen-bond donors (Lipinski definition) is 1. The molecule has 0 amide bonds. The largest absolute Gasteiger partial charge is 0.399 e. The highest BCUT2D eigenvalue weighted by atomic mass is 14.5. The SMILES string of the molecule is C=CC(N)=Cc1ccccc1. The molecule has 0 spiro atoms. The summed E-state index contributed by atoms with van der Waals surface area (Å²) in [7, 11) is 0. The van der Waals surface area contributed by atoms with Gasteiger partial charge in [-0.25, -0.2) is 0 Å². The molecule has 0 aliphatic rings. The summed E-state index contributed by atoms with van der Waals surface area (Å²) in [5, 5.41) is 0. The van der Waals surface area contributed by atoms with E-state index in [1.165, 1.54) is 0 Å². The minimum Gasteiger partial charge on any atom is -0.399 e. The minimum atomic E-state index is 0.691. The van der Waals surface area contributed by atoms with Crippen molar-refractivity contribution in [3.63, 3.8) is 0 Å². The molecule has 0 radical (unpaired) electrons. The smallest absolute Gasteiger partial charge is 0.0314 e. The summed E-state index contributed by atoms with van der Waals surface area (Å²) in [6.07, 6.45) is 3.51. The summed E-state index contributed by atoms with van der Waals surface area (Å²) in [6, 6.07) is 9.92. The molecule has 1 aromatic rings. The van der Waals surface area contributed by atoms with Crippen LogP contribution < -0.4 is 5.73 Å². The Morgan fingerprint density at radius 1 is 1.27 bits per heavy atom. The van der Waals surface area contributed by atoms with E-state index in [0.29, 0.717) is 5.70 Å². The Bertz CT molecular complexity index is 259. The molecule has 2 N–H and O–H groups in total. The van der Waals surface area contributed by atoms with Gasteiger partial charge < -0.3 is 5.73 Å². The van der Waals surface area contributed by atoms with Crippen molar-refractivity contribution >= 4 is 6.08 Å². The van der Waals surface area contributed by atoms with Crippen LogP contribution in [0, 0.1) is 0 Å². The zero-order chi connectivity index (χ0) is 8.10. The Labute approximate surface area is 66.9 Å². The molecule has 0 aliphatic heterocycles. The number of hydrogen-bond acceptors (Lipinski definition) is 1. The van der Waals surface area contributed by atoms with Crippen molar-refractivity contribution in [2.24, 2.45) is 5.73 Å². The molecule has 0 saturated carbocycles. The van der Waals surface area contributed by atoms with Crippen LogP contribution >= 0.6 is 0 Å². The second kappa shape index (κ2) is 3.62. The van der Waals surface area contributed by atoms with Crippen LogP contribution in [0.2, 0.25) is 0 Å². The summed E-state index contributed by atoms with van der Waals surface area (Å²) in [6.45, 7) is 3.56. The first kappa shape index (κ1) is 7.61. The van der Waals surface area contributed by atoms with Gasteiger partial charge in [0, 0.05) is 5.70 Å². The molecule has 0 heterocycles. The van der Waals surface area contributed by atoms with E-state index in [1.54, 1.807) is 6.08 Å². The van der Waals surface area contributed by atoms with E-state index in [4.69, 9.17) is 5.73 Å². The fraction of sp³-hybridized carbons (Fsp3) is 0. The third-order valence-electron chi connectivity index (χ3n) is 1.37. The van der Waals surface area contributed by atoms with Gasteiger partial charge >= 0.3 is 0 Å². The third kappa shape index (κ3) is 2.30. The molecule has 56 valence electrons. The molecule has 1 heteroatoms. The van der Waals surface area contributed by atoms with Crippen LogP contribution in [0.15, 0.2) is 48.7 Å². The molecule has 0 fully saturated rings. The fourth-order valence-electron chi connectivity index (χ4n) is 0.801. The van der Waals surface area contributed by atoms with E-state index in [0.717, 1.165) is 5.56 Å². The lowest BCUT2D eigenvalue weighted by Crippen LogP contribution is -1.90. The first-order valence-corrected chi connectivity index (χ1v) is 3.47. The van der Waals surface area contributed by atoms with Crippen molar-refractivity contribution in [1.29, 1.82) is 0 Å². The van der Waals surface area contributed by atoms with E-state index in [2.05, 4.69) is 6.58 Å². The molecule has 1 rings (SSSR count). The molecule has 0 aliphatic carbocycles. The summed E-state index contributed by atoms with van der Waals surface area (Å²) >= 11 is 0. The van der Waals surface area contributed by atoms with Gasteiger partial charge in [0.15, 0.2) is 0 Å². The summed E-state index contributed by atoms with van der Waals surface area (Å²) in [4.78, 5) is 0. The van der Waals surface area contributed by atoms with Gasteiger partial charge in [-0.2, -0.15) is 0 Å². The van der Waals surface area contributed by atoms with Gasteiger partial charge in [-0.05, 0) is 17.7 Å². The first-order valence-electron chi connectivity index (χ1n) is 3.47. The van der Waals surface area contributed by atoms with Gasteiger partial charge in [0.05, 0.1) is 0 Å². The maximum atomic E-state index is 5.55. The lowest BCUT2D eigenvalue weighted by atomic mass is 10.2. The molecule has 11 heavy (non-hydrogen) atoms. The standard InChI is InChI=1S/C10H11N/c1-2-10(11)8-9-6-4-3-5-7-9/h2-8H,1,11H2. The van der Waals surface area contributed by atoms with Crippen molar-refractivity contribution in [1.82, 2.24) is 0 Å². The van der Waals surface area contributed by atoms with Gasteiger partial charge in [0.1, 0.15) is 0 Å². The van der Waals surface area contributed by atoms with Gasteiger partial charge in [-0.1, -0.05) is 36.9 Å². The van der Waals surface area contributed by atoms with Crippen molar-refractivity contribution in [2.45, 2.75) is 0 Å². The molecule has 0 atom stereocenters. The lowest BCUT2D eigenvalue weighted by Gasteiger charge is -1.92. The topological polar surface area (TPSA) is 26.0 Å². The predicted octanol–water partition coefficient (Wildman–Crippen LogP) is 2.17. The van der Waals surface area contributed by atoms with Crippen LogP contribution in [-0.4, -0.2) is 0 Å². The van der Waals surface area contributed by atoms with E-state index in [9.17, 15) is 0 Å². The minimum absolute atomic E-state index is 0.691. The maximum Gasteiger partial charge on any atom is 0.0314 e. The zero-order valence-electron chi connectivity index (χ0n) is 6.33. The molecule has 0 saturated heterocycles. The zero-order valence-corrected chi connectivity index (χ0v) is 6.33. The predicted molar refractivity (Wildman–Crippen MR) is 48.8 cm³/mol. The quantitative estimate of drug-likeness (QED) is 0.634. The Kier molecular flexibility index (Phi) is 2.50. The molecular formula is C10H11N. The first-order chi connectivity index (χ1) is 5.33. The van der Waals surface area contributed by atoms with Crippen LogP contribution in [0.5, 0.6) is 0 Å². The maximum absolute atomic E-state index is 5.55. The van der Waals surface area contributed by atoms with Crippen molar-refractivity contribution in [3.05, 3.63) is 54.2 Å². The normalized spacial score (nSPS) is 11.1. The summed E-state index contributed by atoms with van der Waals surface area (Å²) in [5.41, 5.74) is 7.34. The van der Waals surface area contributed by atoms with E-state index < -0.39 is 0 Å². The lowest BCUT2D eigenvalue weighted by molar-refractivity contribution is 1.46. The van der Waals surface area contributed by atoms with Gasteiger partial charge in [-0.3, -0.25) is 0 Å². The average molecular weight is 145 g/mol. The Morgan fingerprint density at radius 3 is 2.45 bits per heavy atom. The van der Waals surface area contributed by atoms with Crippen LogP contribution in [0.1, 0.15) is 5.56 Å². The molecule has 1 nitrogen and oxygen atoms in total. The molecule has 0 aromatic heterocycles.